The Morgan fingerprint density at radius 3 is 2.60 bits per heavy atom. The number of thioether (sulfide) groups is 1. The molecule has 2 aromatic carbocycles. The summed E-state index contributed by atoms with van der Waals surface area (Å²) in [5.41, 5.74) is 2.17. The normalized spacial score (nSPS) is 10.8. The van der Waals surface area contributed by atoms with E-state index in [0.29, 0.717) is 22.8 Å². The van der Waals surface area contributed by atoms with Gasteiger partial charge in [-0.15, -0.1) is 10.2 Å². The van der Waals surface area contributed by atoms with Crippen molar-refractivity contribution in [1.29, 1.82) is 5.26 Å². The molecule has 8 heteroatoms. The summed E-state index contributed by atoms with van der Waals surface area (Å²) in [5.74, 6) is -0.235. The lowest BCUT2D eigenvalue weighted by atomic mass is 10.1. The Balaban J connectivity index is 1.75. The smallest absolute Gasteiger partial charge is 0.233 e. The van der Waals surface area contributed by atoms with Crippen LogP contribution in [0.15, 0.2) is 60.0 Å². The van der Waals surface area contributed by atoms with Crippen LogP contribution in [0.3, 0.4) is 0 Å². The molecule has 1 amide bonds. The van der Waals surface area contributed by atoms with Crippen LogP contribution >= 0.6 is 11.8 Å². The molecule has 0 atom stereocenters. The van der Waals surface area contributed by atoms with Crippen LogP contribution < -0.4 is 0 Å². The molecular formula is C22H22FN5OS. The Bertz CT molecular complexity index is 1040. The van der Waals surface area contributed by atoms with Crippen LogP contribution in [0.1, 0.15) is 36.6 Å². The van der Waals surface area contributed by atoms with E-state index in [9.17, 15) is 9.18 Å². The molecule has 30 heavy (non-hydrogen) atoms. The minimum absolute atomic E-state index is 0.0908. The lowest BCUT2D eigenvalue weighted by Gasteiger charge is -2.23. The summed E-state index contributed by atoms with van der Waals surface area (Å²) in [6.07, 6.45) is 1.65. The third kappa shape index (κ3) is 5.67. The fourth-order valence-electron chi connectivity index (χ4n) is 2.90. The highest BCUT2D eigenvalue weighted by molar-refractivity contribution is 7.99. The van der Waals surface area contributed by atoms with Gasteiger partial charge in [-0.25, -0.2) is 4.39 Å². The van der Waals surface area contributed by atoms with Gasteiger partial charge in [-0.3, -0.25) is 4.79 Å². The molecular weight excluding hydrogens is 401 g/mol. The molecule has 0 radical (unpaired) electrons. The van der Waals surface area contributed by atoms with E-state index in [1.807, 2.05) is 30.5 Å². The van der Waals surface area contributed by atoms with Crippen LogP contribution in [0.2, 0.25) is 0 Å². The van der Waals surface area contributed by atoms with E-state index in [-0.39, 0.29) is 30.1 Å². The van der Waals surface area contributed by atoms with Crippen molar-refractivity contribution >= 4 is 17.7 Å². The number of amides is 1. The molecule has 1 aromatic heterocycles. The van der Waals surface area contributed by atoms with Crippen molar-refractivity contribution in [2.45, 2.75) is 38.1 Å². The van der Waals surface area contributed by atoms with E-state index >= 15 is 0 Å². The minimum Gasteiger partial charge on any atom is -0.333 e. The van der Waals surface area contributed by atoms with Gasteiger partial charge in [-0.2, -0.15) is 5.26 Å². The van der Waals surface area contributed by atoms with E-state index in [2.05, 4.69) is 16.3 Å². The minimum atomic E-state index is -0.335. The van der Waals surface area contributed by atoms with Crippen molar-refractivity contribution in [2.24, 2.45) is 0 Å². The highest BCUT2D eigenvalue weighted by atomic mass is 32.2. The standard InChI is InChI=1S/C22H22FN5OS/c1-16(2)28-15-25-26-22(28)30-14-21(29)27(13-19-4-3-5-20(23)10-19)12-18-8-6-17(11-24)7-9-18/h3-10,15-16H,12-14H2,1-2H3. The van der Waals surface area contributed by atoms with Gasteiger partial charge in [0.15, 0.2) is 5.16 Å². The van der Waals surface area contributed by atoms with Gasteiger partial charge in [0, 0.05) is 19.1 Å². The zero-order valence-corrected chi connectivity index (χ0v) is 17.6. The first-order valence-corrected chi connectivity index (χ1v) is 10.5. The Morgan fingerprint density at radius 1 is 1.20 bits per heavy atom. The predicted octanol–water partition coefficient (Wildman–Crippen LogP) is 4.19. The summed E-state index contributed by atoms with van der Waals surface area (Å²) in [4.78, 5) is 14.7. The van der Waals surface area contributed by atoms with Crippen LogP contribution in [-0.4, -0.2) is 31.3 Å². The van der Waals surface area contributed by atoms with Crippen LogP contribution in [0, 0.1) is 17.1 Å². The fourth-order valence-corrected chi connectivity index (χ4v) is 3.85. The number of hydrogen-bond donors (Lipinski definition) is 0. The number of benzene rings is 2. The molecule has 0 saturated heterocycles. The molecule has 0 aliphatic carbocycles. The van der Waals surface area contributed by atoms with Crippen molar-refractivity contribution in [2.75, 3.05) is 5.75 Å². The molecule has 0 bridgehead atoms. The lowest BCUT2D eigenvalue weighted by molar-refractivity contribution is -0.129. The molecule has 1 heterocycles. The molecule has 0 aliphatic rings. The number of carbonyl (C=O) groups excluding carboxylic acids is 1. The van der Waals surface area contributed by atoms with E-state index < -0.39 is 0 Å². The summed E-state index contributed by atoms with van der Waals surface area (Å²) in [5, 5.41) is 17.7. The number of carbonyl (C=O) groups is 1. The third-order valence-electron chi connectivity index (χ3n) is 4.49. The molecule has 0 spiro atoms. The average molecular weight is 424 g/mol. The third-order valence-corrected chi connectivity index (χ3v) is 5.43. The van der Waals surface area contributed by atoms with Gasteiger partial charge < -0.3 is 9.47 Å². The lowest BCUT2D eigenvalue weighted by Crippen LogP contribution is -2.31. The molecule has 154 valence electrons. The van der Waals surface area contributed by atoms with Crippen LogP contribution in [0.4, 0.5) is 4.39 Å². The zero-order valence-electron chi connectivity index (χ0n) is 16.8. The molecule has 3 rings (SSSR count). The molecule has 6 nitrogen and oxygen atoms in total. The van der Waals surface area contributed by atoms with Gasteiger partial charge in [0.25, 0.3) is 0 Å². The number of nitrogens with zero attached hydrogens (tertiary/aromatic N) is 5. The van der Waals surface area contributed by atoms with Gasteiger partial charge in [-0.1, -0.05) is 36.0 Å². The maximum absolute atomic E-state index is 13.6. The molecule has 3 aromatic rings. The summed E-state index contributed by atoms with van der Waals surface area (Å²) in [6.45, 7) is 4.69. The monoisotopic (exact) mass is 423 g/mol. The Kier molecular flexibility index (Phi) is 7.20. The average Bonchev–Trinajstić information content (AvgIpc) is 3.21. The van der Waals surface area contributed by atoms with Crippen molar-refractivity contribution < 1.29 is 9.18 Å². The van der Waals surface area contributed by atoms with Crippen LogP contribution in [-0.2, 0) is 17.9 Å². The van der Waals surface area contributed by atoms with Crippen molar-refractivity contribution in [1.82, 2.24) is 19.7 Å². The number of rotatable bonds is 8. The quantitative estimate of drug-likeness (QED) is 0.508. The van der Waals surface area contributed by atoms with Crippen molar-refractivity contribution in [3.05, 3.63) is 77.4 Å². The van der Waals surface area contributed by atoms with Crippen molar-refractivity contribution in [3.63, 3.8) is 0 Å². The number of hydrogen-bond acceptors (Lipinski definition) is 5. The first kappa shape index (κ1) is 21.5. The molecule has 0 unspecified atom stereocenters. The maximum atomic E-state index is 13.6. The second-order valence-electron chi connectivity index (χ2n) is 7.09. The second-order valence-corrected chi connectivity index (χ2v) is 8.03. The molecule has 0 aliphatic heterocycles. The molecule has 0 N–H and O–H groups in total. The zero-order chi connectivity index (χ0) is 21.5. The first-order chi connectivity index (χ1) is 14.5. The summed E-state index contributed by atoms with van der Waals surface area (Å²) in [7, 11) is 0. The second kappa shape index (κ2) is 10.0. The van der Waals surface area contributed by atoms with E-state index in [1.165, 1.54) is 23.9 Å². The summed E-state index contributed by atoms with van der Waals surface area (Å²) >= 11 is 1.33. The topological polar surface area (TPSA) is 74.8 Å². The largest absolute Gasteiger partial charge is 0.333 e. The maximum Gasteiger partial charge on any atom is 0.233 e. The van der Waals surface area contributed by atoms with Crippen LogP contribution in [0.25, 0.3) is 0 Å². The number of aromatic nitrogens is 3. The first-order valence-electron chi connectivity index (χ1n) is 9.50. The SMILES string of the molecule is CC(C)n1cnnc1SCC(=O)N(Cc1ccc(C#N)cc1)Cc1cccc(F)c1. The van der Waals surface area contributed by atoms with E-state index in [4.69, 9.17) is 5.26 Å². The Hall–Kier alpha value is -3.18. The van der Waals surface area contributed by atoms with Gasteiger partial charge in [-0.05, 0) is 49.2 Å². The summed E-state index contributed by atoms with van der Waals surface area (Å²) < 4.78 is 15.5. The summed E-state index contributed by atoms with van der Waals surface area (Å²) in [6, 6.07) is 15.6. The predicted molar refractivity (Wildman–Crippen MR) is 113 cm³/mol. The van der Waals surface area contributed by atoms with Gasteiger partial charge in [0.05, 0.1) is 17.4 Å². The number of halogens is 1. The fraction of sp³-hybridized carbons (Fsp3) is 0.273. The van der Waals surface area contributed by atoms with E-state index in [1.54, 1.807) is 35.5 Å². The van der Waals surface area contributed by atoms with Crippen molar-refractivity contribution in [3.8, 4) is 6.07 Å². The highest BCUT2D eigenvalue weighted by Gasteiger charge is 2.18. The number of nitriles is 1. The Morgan fingerprint density at radius 2 is 1.93 bits per heavy atom. The van der Waals surface area contributed by atoms with E-state index in [0.717, 1.165) is 5.56 Å². The van der Waals surface area contributed by atoms with Gasteiger partial charge in [0.1, 0.15) is 12.1 Å². The van der Waals surface area contributed by atoms with Gasteiger partial charge >= 0.3 is 0 Å². The van der Waals surface area contributed by atoms with Crippen LogP contribution in [0.5, 0.6) is 0 Å². The molecule has 0 saturated carbocycles. The Labute approximate surface area is 179 Å². The molecule has 0 fully saturated rings. The van der Waals surface area contributed by atoms with Gasteiger partial charge in [0.2, 0.25) is 5.91 Å². The highest BCUT2D eigenvalue weighted by Crippen LogP contribution is 2.21.